The van der Waals surface area contributed by atoms with E-state index < -0.39 is 5.97 Å². The van der Waals surface area contributed by atoms with Crippen molar-refractivity contribution in [2.75, 3.05) is 6.54 Å². The van der Waals surface area contributed by atoms with Gasteiger partial charge in [0.1, 0.15) is 5.82 Å². The maximum absolute atomic E-state index is 12.3. The van der Waals surface area contributed by atoms with E-state index in [-0.39, 0.29) is 30.7 Å². The quantitative estimate of drug-likeness (QED) is 0.801. The van der Waals surface area contributed by atoms with Crippen molar-refractivity contribution in [3.8, 4) is 0 Å². The third kappa shape index (κ3) is 4.50. The van der Waals surface area contributed by atoms with Gasteiger partial charge in [-0.2, -0.15) is 0 Å². The number of hydrogen-bond donors (Lipinski definition) is 2. The van der Waals surface area contributed by atoms with Gasteiger partial charge in [-0.25, -0.2) is 9.97 Å². The summed E-state index contributed by atoms with van der Waals surface area (Å²) in [6.07, 6.45) is 3.08. The van der Waals surface area contributed by atoms with Gasteiger partial charge in [-0.3, -0.25) is 14.4 Å². The van der Waals surface area contributed by atoms with Crippen molar-refractivity contribution in [2.24, 2.45) is 0 Å². The molecule has 2 rings (SSSR count). The number of carboxylic acid groups (broad SMARTS) is 1. The number of likely N-dealkylation sites (tertiary alicyclic amines) is 1. The molecule has 0 saturated carbocycles. The molecule has 0 bridgehead atoms. The van der Waals surface area contributed by atoms with Gasteiger partial charge >= 0.3 is 5.97 Å². The SMILES string of the molecule is CC(=O)NCc1cnc(C)nc1[C@@H]1CCCN1C(=O)CCC(=O)O. The lowest BCUT2D eigenvalue weighted by molar-refractivity contribution is -0.141. The molecular formula is C16H22N4O4. The molecule has 0 aliphatic carbocycles. The second-order valence-electron chi connectivity index (χ2n) is 5.88. The fourth-order valence-electron chi connectivity index (χ4n) is 2.86. The maximum atomic E-state index is 12.3. The Hall–Kier alpha value is -2.51. The first-order valence-corrected chi connectivity index (χ1v) is 7.96. The Morgan fingerprint density at radius 2 is 2.12 bits per heavy atom. The summed E-state index contributed by atoms with van der Waals surface area (Å²) in [5.74, 6) is -0.714. The summed E-state index contributed by atoms with van der Waals surface area (Å²) in [5.41, 5.74) is 1.51. The summed E-state index contributed by atoms with van der Waals surface area (Å²) in [6, 6.07) is -0.197. The predicted octanol–water partition coefficient (Wildman–Crippen LogP) is 0.949. The van der Waals surface area contributed by atoms with E-state index in [0.29, 0.717) is 18.9 Å². The van der Waals surface area contributed by atoms with Crippen LogP contribution in [-0.2, 0) is 20.9 Å². The van der Waals surface area contributed by atoms with Crippen LogP contribution in [0.15, 0.2) is 6.20 Å². The van der Waals surface area contributed by atoms with Crippen LogP contribution >= 0.6 is 0 Å². The van der Waals surface area contributed by atoms with Gasteiger partial charge in [0, 0.05) is 38.2 Å². The molecule has 1 aromatic heterocycles. The first kappa shape index (κ1) is 17.8. The monoisotopic (exact) mass is 334 g/mol. The van der Waals surface area contributed by atoms with Gasteiger partial charge in [-0.15, -0.1) is 0 Å². The van der Waals surface area contributed by atoms with Crippen LogP contribution in [0.25, 0.3) is 0 Å². The van der Waals surface area contributed by atoms with Gasteiger partial charge in [-0.1, -0.05) is 0 Å². The fraction of sp³-hybridized carbons (Fsp3) is 0.562. The number of nitrogens with one attached hydrogen (secondary N) is 1. The van der Waals surface area contributed by atoms with Gasteiger partial charge in [0.25, 0.3) is 0 Å². The van der Waals surface area contributed by atoms with E-state index in [2.05, 4.69) is 15.3 Å². The standard InChI is InChI=1S/C16H22N4O4/c1-10-17-8-12(9-18-11(2)21)16(19-10)13-4-3-7-20(13)14(22)5-6-15(23)24/h8,13H,3-7,9H2,1-2H3,(H,18,21)(H,23,24)/t13-/m0/s1. The number of rotatable bonds is 6. The molecule has 130 valence electrons. The Kier molecular flexibility index (Phi) is 5.83. The zero-order chi connectivity index (χ0) is 17.7. The van der Waals surface area contributed by atoms with E-state index >= 15 is 0 Å². The minimum Gasteiger partial charge on any atom is -0.481 e. The number of amides is 2. The predicted molar refractivity (Wildman–Crippen MR) is 84.8 cm³/mol. The number of nitrogens with zero attached hydrogens (tertiary/aromatic N) is 3. The third-order valence-corrected chi connectivity index (χ3v) is 3.99. The van der Waals surface area contributed by atoms with E-state index in [0.717, 1.165) is 24.1 Å². The molecule has 0 aromatic carbocycles. The van der Waals surface area contributed by atoms with Crippen molar-refractivity contribution in [1.82, 2.24) is 20.2 Å². The van der Waals surface area contributed by atoms with Crippen LogP contribution < -0.4 is 5.32 Å². The molecule has 1 aromatic rings. The minimum absolute atomic E-state index is 0.0169. The van der Waals surface area contributed by atoms with Crippen molar-refractivity contribution < 1.29 is 19.5 Å². The summed E-state index contributed by atoms with van der Waals surface area (Å²) in [6.45, 7) is 4.10. The Balaban J connectivity index is 2.21. The number of carbonyl (C=O) groups excluding carboxylic acids is 2. The highest BCUT2D eigenvalue weighted by Crippen LogP contribution is 2.33. The van der Waals surface area contributed by atoms with E-state index in [9.17, 15) is 14.4 Å². The van der Waals surface area contributed by atoms with Crippen molar-refractivity contribution >= 4 is 17.8 Å². The van der Waals surface area contributed by atoms with E-state index in [1.807, 2.05) is 0 Å². The summed E-state index contributed by atoms with van der Waals surface area (Å²) < 4.78 is 0. The smallest absolute Gasteiger partial charge is 0.303 e. The Morgan fingerprint density at radius 3 is 2.79 bits per heavy atom. The van der Waals surface area contributed by atoms with Crippen LogP contribution in [0.4, 0.5) is 0 Å². The van der Waals surface area contributed by atoms with Gasteiger partial charge < -0.3 is 15.3 Å². The highest BCUT2D eigenvalue weighted by Gasteiger charge is 2.32. The Morgan fingerprint density at radius 1 is 1.38 bits per heavy atom. The summed E-state index contributed by atoms with van der Waals surface area (Å²) in [5, 5.41) is 11.5. The largest absolute Gasteiger partial charge is 0.481 e. The number of aromatic nitrogens is 2. The van der Waals surface area contributed by atoms with Crippen LogP contribution in [-0.4, -0.2) is 44.3 Å². The molecule has 24 heavy (non-hydrogen) atoms. The van der Waals surface area contributed by atoms with Crippen molar-refractivity contribution in [3.05, 3.63) is 23.3 Å². The molecule has 1 fully saturated rings. The van der Waals surface area contributed by atoms with Crippen molar-refractivity contribution in [3.63, 3.8) is 0 Å². The van der Waals surface area contributed by atoms with Crippen LogP contribution in [0, 0.1) is 6.92 Å². The van der Waals surface area contributed by atoms with Crippen LogP contribution in [0.2, 0.25) is 0 Å². The summed E-state index contributed by atoms with van der Waals surface area (Å²) in [7, 11) is 0. The lowest BCUT2D eigenvalue weighted by atomic mass is 10.1. The van der Waals surface area contributed by atoms with Gasteiger partial charge in [0.15, 0.2) is 0 Å². The molecule has 0 spiro atoms. The third-order valence-electron chi connectivity index (χ3n) is 3.99. The molecular weight excluding hydrogens is 312 g/mol. The number of carbonyl (C=O) groups is 3. The number of hydrogen-bond acceptors (Lipinski definition) is 5. The van der Waals surface area contributed by atoms with Gasteiger partial charge in [0.05, 0.1) is 18.2 Å². The van der Waals surface area contributed by atoms with Gasteiger partial charge in [0.2, 0.25) is 11.8 Å². The van der Waals surface area contributed by atoms with Gasteiger partial charge in [-0.05, 0) is 19.8 Å². The van der Waals surface area contributed by atoms with Crippen molar-refractivity contribution in [1.29, 1.82) is 0 Å². The van der Waals surface area contributed by atoms with Crippen LogP contribution in [0.1, 0.15) is 55.7 Å². The molecule has 1 aliphatic heterocycles. The Bertz CT molecular complexity index is 647. The zero-order valence-corrected chi connectivity index (χ0v) is 13.9. The summed E-state index contributed by atoms with van der Waals surface area (Å²) in [4.78, 5) is 44.6. The highest BCUT2D eigenvalue weighted by atomic mass is 16.4. The molecule has 8 heteroatoms. The number of carboxylic acids is 1. The molecule has 2 heterocycles. The second kappa shape index (κ2) is 7.85. The molecule has 0 radical (unpaired) electrons. The number of aliphatic carboxylic acids is 1. The molecule has 0 unspecified atom stereocenters. The number of aryl methyl sites for hydroxylation is 1. The van der Waals surface area contributed by atoms with Crippen molar-refractivity contribution in [2.45, 2.75) is 52.1 Å². The molecule has 1 atom stereocenters. The minimum atomic E-state index is -0.983. The second-order valence-corrected chi connectivity index (χ2v) is 5.88. The normalized spacial score (nSPS) is 16.9. The zero-order valence-electron chi connectivity index (χ0n) is 13.9. The topological polar surface area (TPSA) is 112 Å². The maximum Gasteiger partial charge on any atom is 0.303 e. The first-order valence-electron chi connectivity index (χ1n) is 7.96. The molecule has 1 aliphatic rings. The highest BCUT2D eigenvalue weighted by molar-refractivity contribution is 5.81. The Labute approximate surface area is 140 Å². The lowest BCUT2D eigenvalue weighted by Crippen LogP contribution is -2.32. The van der Waals surface area contributed by atoms with E-state index in [1.165, 1.54) is 6.92 Å². The molecule has 8 nitrogen and oxygen atoms in total. The average Bonchev–Trinajstić information content (AvgIpc) is 3.00. The van der Waals surface area contributed by atoms with Crippen LogP contribution in [0.5, 0.6) is 0 Å². The molecule has 2 N–H and O–H groups in total. The lowest BCUT2D eigenvalue weighted by Gasteiger charge is -2.26. The molecule has 1 saturated heterocycles. The fourth-order valence-corrected chi connectivity index (χ4v) is 2.86. The molecule has 2 amide bonds. The van der Waals surface area contributed by atoms with E-state index in [4.69, 9.17) is 5.11 Å². The average molecular weight is 334 g/mol. The first-order chi connectivity index (χ1) is 11.4. The van der Waals surface area contributed by atoms with E-state index in [1.54, 1.807) is 18.0 Å². The summed E-state index contributed by atoms with van der Waals surface area (Å²) >= 11 is 0. The van der Waals surface area contributed by atoms with Crippen LogP contribution in [0.3, 0.4) is 0 Å².